The first kappa shape index (κ1) is 20.1. The van der Waals surface area contributed by atoms with Gasteiger partial charge in [0.2, 0.25) is 0 Å². The van der Waals surface area contributed by atoms with Crippen molar-refractivity contribution in [1.82, 2.24) is 15.1 Å². The second kappa shape index (κ2) is 8.72. The smallest absolute Gasteiger partial charge is 0.256 e. The Bertz CT molecular complexity index is 1210. The van der Waals surface area contributed by atoms with Gasteiger partial charge in [0.05, 0.1) is 5.52 Å². The molecule has 1 saturated heterocycles. The Balaban J connectivity index is 1.30. The van der Waals surface area contributed by atoms with E-state index in [1.54, 1.807) is 0 Å². The highest BCUT2D eigenvalue weighted by atomic mass is 16.5. The van der Waals surface area contributed by atoms with Crippen LogP contribution in [-0.4, -0.2) is 54.2 Å². The Kier molecular flexibility index (Phi) is 5.47. The molecule has 0 aliphatic carbocycles. The van der Waals surface area contributed by atoms with Crippen LogP contribution in [0.4, 0.5) is 11.5 Å². The summed E-state index contributed by atoms with van der Waals surface area (Å²) in [5, 5.41) is 11.0. The van der Waals surface area contributed by atoms with Crippen LogP contribution in [-0.2, 0) is 0 Å². The summed E-state index contributed by atoms with van der Waals surface area (Å²) in [6, 6.07) is 23.0. The molecule has 1 aliphatic heterocycles. The highest BCUT2D eigenvalue weighted by molar-refractivity contribution is 6.08. The third kappa shape index (κ3) is 4.29. The molecule has 0 unspecified atom stereocenters. The number of benzene rings is 3. The molecule has 0 atom stereocenters. The first-order chi connectivity index (χ1) is 15.7. The molecule has 1 fully saturated rings. The zero-order chi connectivity index (χ0) is 21.9. The number of hydrogen-bond donors (Lipinski definition) is 2. The molecular formula is C25H25N5O2. The number of anilines is 2. The molecule has 7 nitrogen and oxygen atoms in total. The average molecular weight is 428 g/mol. The molecule has 1 aliphatic rings. The summed E-state index contributed by atoms with van der Waals surface area (Å²) in [4.78, 5) is 17.5. The lowest BCUT2D eigenvalue weighted by Gasteiger charge is -2.34. The maximum Gasteiger partial charge on any atom is 0.256 e. The summed E-state index contributed by atoms with van der Waals surface area (Å²) in [5.74, 6) is 1.71. The Hall–Kier alpha value is -3.84. The van der Waals surface area contributed by atoms with Crippen molar-refractivity contribution in [3.8, 4) is 11.5 Å². The number of piperazine rings is 1. The molecular weight excluding hydrogens is 402 g/mol. The summed E-state index contributed by atoms with van der Waals surface area (Å²) < 4.78 is 5.92. The number of nitrogens with one attached hydrogen (secondary N) is 2. The predicted molar refractivity (Wildman–Crippen MR) is 127 cm³/mol. The molecule has 0 radical (unpaired) electrons. The van der Waals surface area contributed by atoms with Gasteiger partial charge in [-0.05, 0) is 61.6 Å². The minimum atomic E-state index is -0.197. The second-order valence-corrected chi connectivity index (χ2v) is 7.99. The summed E-state index contributed by atoms with van der Waals surface area (Å²) in [6.45, 7) is 4.08. The zero-order valence-electron chi connectivity index (χ0n) is 17.9. The average Bonchev–Trinajstić information content (AvgIpc) is 3.22. The SMILES string of the molecule is CN1CCN(c2ccc(C(=O)Nc3n[nH]c4ccc(Oc5ccccc5)cc34)cc2)CC1. The number of likely N-dealkylation sites (N-methyl/N-ethyl adjacent to an activating group) is 1. The molecule has 0 saturated carbocycles. The Morgan fingerprint density at radius 1 is 0.938 bits per heavy atom. The maximum absolute atomic E-state index is 12.8. The van der Waals surface area contributed by atoms with E-state index >= 15 is 0 Å². The number of H-pyrrole nitrogens is 1. The van der Waals surface area contributed by atoms with Crippen molar-refractivity contribution in [2.75, 3.05) is 43.4 Å². The first-order valence-electron chi connectivity index (χ1n) is 10.7. The van der Waals surface area contributed by atoms with Crippen LogP contribution in [0.2, 0.25) is 0 Å². The van der Waals surface area contributed by atoms with Crippen LogP contribution in [0.1, 0.15) is 10.4 Å². The number of aromatic amines is 1. The molecule has 162 valence electrons. The molecule has 32 heavy (non-hydrogen) atoms. The van der Waals surface area contributed by atoms with Gasteiger partial charge in [-0.1, -0.05) is 18.2 Å². The molecule has 7 heteroatoms. The van der Waals surface area contributed by atoms with Crippen molar-refractivity contribution in [3.05, 3.63) is 78.4 Å². The van der Waals surface area contributed by atoms with E-state index in [1.165, 1.54) is 0 Å². The van der Waals surface area contributed by atoms with Crippen LogP contribution in [0.5, 0.6) is 11.5 Å². The summed E-state index contributed by atoms with van der Waals surface area (Å²) in [5.41, 5.74) is 2.56. The Morgan fingerprint density at radius 2 is 1.69 bits per heavy atom. The number of fused-ring (bicyclic) bond motifs is 1. The van der Waals surface area contributed by atoms with E-state index in [0.29, 0.717) is 17.1 Å². The number of hydrogen-bond acceptors (Lipinski definition) is 5. The quantitative estimate of drug-likeness (QED) is 0.495. The van der Waals surface area contributed by atoms with Gasteiger partial charge in [0, 0.05) is 42.8 Å². The first-order valence-corrected chi connectivity index (χ1v) is 10.7. The molecule has 2 heterocycles. The van der Waals surface area contributed by atoms with Crippen molar-refractivity contribution >= 4 is 28.3 Å². The number of nitrogens with zero attached hydrogens (tertiary/aromatic N) is 3. The van der Waals surface area contributed by atoms with E-state index in [4.69, 9.17) is 4.74 Å². The molecule has 1 amide bonds. The monoisotopic (exact) mass is 427 g/mol. The Morgan fingerprint density at radius 3 is 2.44 bits per heavy atom. The number of aromatic nitrogens is 2. The van der Waals surface area contributed by atoms with Gasteiger partial charge in [0.25, 0.3) is 5.91 Å². The lowest BCUT2D eigenvalue weighted by Crippen LogP contribution is -2.44. The highest BCUT2D eigenvalue weighted by Crippen LogP contribution is 2.29. The number of carbonyl (C=O) groups is 1. The fraction of sp³-hybridized carbons (Fsp3) is 0.200. The molecule has 0 bridgehead atoms. The van der Waals surface area contributed by atoms with Crippen LogP contribution in [0, 0.1) is 0 Å². The van der Waals surface area contributed by atoms with E-state index < -0.39 is 0 Å². The maximum atomic E-state index is 12.8. The van der Waals surface area contributed by atoms with Crippen LogP contribution < -0.4 is 15.0 Å². The van der Waals surface area contributed by atoms with E-state index in [-0.39, 0.29) is 5.91 Å². The van der Waals surface area contributed by atoms with Crippen molar-refractivity contribution in [2.45, 2.75) is 0 Å². The molecule has 4 aromatic rings. The van der Waals surface area contributed by atoms with Crippen LogP contribution >= 0.6 is 0 Å². The van der Waals surface area contributed by atoms with Gasteiger partial charge in [0.1, 0.15) is 11.5 Å². The number of rotatable bonds is 5. The van der Waals surface area contributed by atoms with Crippen molar-refractivity contribution in [2.24, 2.45) is 0 Å². The third-order valence-corrected chi connectivity index (χ3v) is 5.74. The van der Waals surface area contributed by atoms with Gasteiger partial charge >= 0.3 is 0 Å². The minimum absolute atomic E-state index is 0.197. The molecule has 5 rings (SSSR count). The fourth-order valence-electron chi connectivity index (χ4n) is 3.84. The van der Waals surface area contributed by atoms with Crippen molar-refractivity contribution in [3.63, 3.8) is 0 Å². The number of carbonyl (C=O) groups excluding carboxylic acids is 1. The summed E-state index contributed by atoms with van der Waals surface area (Å²) in [7, 11) is 2.14. The summed E-state index contributed by atoms with van der Waals surface area (Å²) >= 11 is 0. The van der Waals surface area contributed by atoms with E-state index in [1.807, 2.05) is 72.8 Å². The van der Waals surface area contributed by atoms with Gasteiger partial charge < -0.3 is 19.9 Å². The highest BCUT2D eigenvalue weighted by Gasteiger charge is 2.16. The van der Waals surface area contributed by atoms with Gasteiger partial charge in [-0.25, -0.2) is 0 Å². The van der Waals surface area contributed by atoms with Crippen molar-refractivity contribution in [1.29, 1.82) is 0 Å². The minimum Gasteiger partial charge on any atom is -0.457 e. The van der Waals surface area contributed by atoms with Crippen LogP contribution in [0.25, 0.3) is 10.9 Å². The molecule has 1 aromatic heterocycles. The summed E-state index contributed by atoms with van der Waals surface area (Å²) in [6.07, 6.45) is 0. The number of para-hydroxylation sites is 1. The molecule has 3 aromatic carbocycles. The lowest BCUT2D eigenvalue weighted by atomic mass is 10.1. The van der Waals surface area contributed by atoms with E-state index in [2.05, 4.69) is 32.4 Å². The predicted octanol–water partition coefficient (Wildman–Crippen LogP) is 4.36. The fourth-order valence-corrected chi connectivity index (χ4v) is 3.84. The van der Waals surface area contributed by atoms with E-state index in [9.17, 15) is 4.79 Å². The standard InChI is InChI=1S/C25H25N5O2/c1-29-13-15-30(16-14-29)19-9-7-18(8-10-19)25(31)26-24-22-17-21(11-12-23(22)27-28-24)32-20-5-3-2-4-6-20/h2-12,17H,13-16H2,1H3,(H2,26,27,28,31). The number of ether oxygens (including phenoxy) is 1. The molecule has 2 N–H and O–H groups in total. The van der Waals surface area contributed by atoms with Gasteiger partial charge in [-0.15, -0.1) is 0 Å². The van der Waals surface area contributed by atoms with Gasteiger partial charge in [-0.2, -0.15) is 5.10 Å². The third-order valence-electron chi connectivity index (χ3n) is 5.74. The topological polar surface area (TPSA) is 73.5 Å². The largest absolute Gasteiger partial charge is 0.457 e. The Labute approximate surface area is 186 Å². The van der Waals surface area contributed by atoms with Crippen molar-refractivity contribution < 1.29 is 9.53 Å². The van der Waals surface area contributed by atoms with Crippen LogP contribution in [0.15, 0.2) is 72.8 Å². The van der Waals surface area contributed by atoms with Crippen LogP contribution in [0.3, 0.4) is 0 Å². The normalized spacial score (nSPS) is 14.5. The molecule has 0 spiro atoms. The zero-order valence-corrected chi connectivity index (χ0v) is 17.9. The van der Waals surface area contributed by atoms with E-state index in [0.717, 1.165) is 48.5 Å². The van der Waals surface area contributed by atoms with Gasteiger partial charge in [-0.3, -0.25) is 9.89 Å². The lowest BCUT2D eigenvalue weighted by molar-refractivity contribution is 0.102. The second-order valence-electron chi connectivity index (χ2n) is 7.99. The van der Waals surface area contributed by atoms with Gasteiger partial charge in [0.15, 0.2) is 5.82 Å². The number of amides is 1.